The molecule has 0 aliphatic rings. The van der Waals surface area contributed by atoms with Crippen LogP contribution in [0.5, 0.6) is 0 Å². The maximum Gasteiger partial charge on any atom is 0.339 e. The van der Waals surface area contributed by atoms with E-state index in [-0.39, 0.29) is 11.3 Å². The topological polar surface area (TPSA) is 114 Å². The molecule has 0 unspecified atom stereocenters. The van der Waals surface area contributed by atoms with Crippen LogP contribution in [-0.2, 0) is 19.1 Å². The van der Waals surface area contributed by atoms with Crippen LogP contribution >= 0.6 is 11.6 Å². The Hall–Kier alpha value is -3.39. The molecular weight excluding hydrogens is 374 g/mol. The molecule has 0 saturated carbocycles. The van der Waals surface area contributed by atoms with E-state index < -0.39 is 30.2 Å². The molecule has 140 valence electrons. The minimum Gasteiger partial charge on any atom is -0.465 e. The Morgan fingerprint density at radius 1 is 0.963 bits per heavy atom. The molecule has 0 atom stereocenters. The van der Waals surface area contributed by atoms with Gasteiger partial charge in [-0.15, -0.1) is 0 Å². The van der Waals surface area contributed by atoms with Crippen LogP contribution in [0.25, 0.3) is 0 Å². The first-order chi connectivity index (χ1) is 12.9. The highest BCUT2D eigenvalue weighted by Gasteiger charge is 2.17. The Kier molecular flexibility index (Phi) is 6.90. The lowest BCUT2D eigenvalue weighted by Crippen LogP contribution is -2.39. The van der Waals surface area contributed by atoms with Crippen LogP contribution in [-0.4, -0.2) is 37.3 Å². The van der Waals surface area contributed by atoms with Gasteiger partial charge in [0, 0.05) is 10.7 Å². The molecule has 3 N–H and O–H groups in total. The number of rotatable bonds is 5. The summed E-state index contributed by atoms with van der Waals surface area (Å²) in [5.41, 5.74) is 0.740. The van der Waals surface area contributed by atoms with Crippen LogP contribution in [0, 0.1) is 0 Å². The number of hydrogen-bond donors (Lipinski definition) is 3. The number of carbonyl (C=O) groups is 4. The number of esters is 1. The van der Waals surface area contributed by atoms with E-state index in [1.807, 2.05) is 0 Å². The third-order valence-corrected chi connectivity index (χ3v) is 3.54. The summed E-state index contributed by atoms with van der Waals surface area (Å²) in [6.07, 6.45) is 0. The molecule has 3 amide bonds. The molecule has 0 saturated heterocycles. The average molecular weight is 390 g/mol. The average Bonchev–Trinajstić information content (AvgIpc) is 2.66. The Bertz CT molecular complexity index is 885. The molecular formula is C18H16ClN3O5. The first-order valence-electron chi connectivity index (χ1n) is 7.72. The molecule has 0 radical (unpaired) electrons. The number of ether oxygens (including phenoxy) is 1. The van der Waals surface area contributed by atoms with E-state index in [0.717, 1.165) is 0 Å². The quantitative estimate of drug-likeness (QED) is 0.533. The fourth-order valence-corrected chi connectivity index (χ4v) is 2.26. The summed E-state index contributed by atoms with van der Waals surface area (Å²) < 4.78 is 4.63. The van der Waals surface area contributed by atoms with E-state index in [4.69, 9.17) is 11.6 Å². The number of benzene rings is 2. The van der Waals surface area contributed by atoms with Gasteiger partial charge in [-0.1, -0.05) is 29.8 Å². The van der Waals surface area contributed by atoms with E-state index >= 15 is 0 Å². The van der Waals surface area contributed by atoms with Crippen LogP contribution in [0.2, 0.25) is 5.02 Å². The summed E-state index contributed by atoms with van der Waals surface area (Å²) in [6, 6.07) is 12.5. The van der Waals surface area contributed by atoms with E-state index in [1.165, 1.54) is 25.3 Å². The fourth-order valence-electron chi connectivity index (χ4n) is 2.07. The van der Waals surface area contributed by atoms with Gasteiger partial charge in [0.25, 0.3) is 0 Å². The lowest BCUT2D eigenvalue weighted by molar-refractivity contribution is -0.136. The maximum atomic E-state index is 12.0. The molecule has 0 aromatic heterocycles. The largest absolute Gasteiger partial charge is 0.465 e. The molecule has 27 heavy (non-hydrogen) atoms. The number of para-hydroxylation sites is 1. The highest BCUT2D eigenvalue weighted by Crippen LogP contribution is 2.16. The minimum atomic E-state index is -0.994. The van der Waals surface area contributed by atoms with Gasteiger partial charge in [0.15, 0.2) is 0 Å². The monoisotopic (exact) mass is 389 g/mol. The number of anilines is 2. The highest BCUT2D eigenvalue weighted by molar-refractivity contribution is 6.40. The normalized spacial score (nSPS) is 9.85. The van der Waals surface area contributed by atoms with Crippen molar-refractivity contribution in [1.82, 2.24) is 5.32 Å². The number of methoxy groups -OCH3 is 1. The highest BCUT2D eigenvalue weighted by atomic mass is 35.5. The molecule has 2 aromatic rings. The molecule has 0 fully saturated rings. The van der Waals surface area contributed by atoms with Crippen LogP contribution < -0.4 is 16.0 Å². The van der Waals surface area contributed by atoms with Gasteiger partial charge >= 0.3 is 17.8 Å². The van der Waals surface area contributed by atoms with Crippen molar-refractivity contribution in [3.63, 3.8) is 0 Å². The molecule has 0 spiro atoms. The Morgan fingerprint density at radius 2 is 1.70 bits per heavy atom. The predicted octanol–water partition coefficient (Wildman–Crippen LogP) is 1.82. The van der Waals surface area contributed by atoms with Gasteiger partial charge < -0.3 is 20.7 Å². The molecule has 8 nitrogen and oxygen atoms in total. The van der Waals surface area contributed by atoms with Crippen molar-refractivity contribution in [2.75, 3.05) is 24.3 Å². The van der Waals surface area contributed by atoms with Gasteiger partial charge in [0.2, 0.25) is 5.91 Å². The minimum absolute atomic E-state index is 0.165. The summed E-state index contributed by atoms with van der Waals surface area (Å²) in [5, 5.41) is 7.42. The summed E-state index contributed by atoms with van der Waals surface area (Å²) in [4.78, 5) is 47.3. The second kappa shape index (κ2) is 9.35. The molecule has 2 rings (SSSR count). The number of nitrogens with one attached hydrogen (secondary N) is 3. The number of carbonyl (C=O) groups excluding carboxylic acids is 4. The summed E-state index contributed by atoms with van der Waals surface area (Å²) in [7, 11) is 1.22. The Balaban J connectivity index is 1.89. The van der Waals surface area contributed by atoms with E-state index in [1.54, 1.807) is 30.3 Å². The lowest BCUT2D eigenvalue weighted by Gasteiger charge is -2.10. The molecule has 0 aliphatic carbocycles. The predicted molar refractivity (Wildman–Crippen MR) is 99.5 cm³/mol. The molecule has 0 aliphatic heterocycles. The SMILES string of the molecule is COC(=O)c1ccccc1NC(=O)CNC(=O)C(=O)Nc1cccc(Cl)c1. The standard InChI is InChI=1S/C18H16ClN3O5/c1-27-18(26)13-7-2-3-8-14(13)22-15(23)10-20-16(24)17(25)21-12-6-4-5-11(19)9-12/h2-9H,10H2,1H3,(H,20,24)(H,21,25)(H,22,23). The van der Waals surface area contributed by atoms with Crippen molar-refractivity contribution in [1.29, 1.82) is 0 Å². The van der Waals surface area contributed by atoms with Crippen molar-refractivity contribution in [2.24, 2.45) is 0 Å². The van der Waals surface area contributed by atoms with Crippen molar-refractivity contribution in [2.45, 2.75) is 0 Å². The number of amides is 3. The van der Waals surface area contributed by atoms with E-state index in [2.05, 4.69) is 20.7 Å². The Morgan fingerprint density at radius 3 is 2.41 bits per heavy atom. The number of halogens is 1. The molecule has 9 heteroatoms. The zero-order valence-electron chi connectivity index (χ0n) is 14.2. The van der Waals surface area contributed by atoms with Crippen molar-refractivity contribution >= 4 is 46.7 Å². The Labute approximate surface area is 159 Å². The van der Waals surface area contributed by atoms with Gasteiger partial charge in [-0.05, 0) is 30.3 Å². The summed E-state index contributed by atoms with van der Waals surface area (Å²) >= 11 is 5.80. The third kappa shape index (κ3) is 5.82. The van der Waals surface area contributed by atoms with Crippen LogP contribution in [0.3, 0.4) is 0 Å². The van der Waals surface area contributed by atoms with Gasteiger partial charge in [-0.25, -0.2) is 4.79 Å². The van der Waals surface area contributed by atoms with Gasteiger partial charge in [-0.2, -0.15) is 0 Å². The molecule has 0 bridgehead atoms. The zero-order valence-corrected chi connectivity index (χ0v) is 15.0. The summed E-state index contributed by atoms with van der Waals surface area (Å²) in [5.74, 6) is -3.17. The van der Waals surface area contributed by atoms with Crippen molar-refractivity contribution in [3.05, 3.63) is 59.1 Å². The fraction of sp³-hybridized carbons (Fsp3) is 0.111. The molecule has 0 heterocycles. The second-order valence-electron chi connectivity index (χ2n) is 5.23. The summed E-state index contributed by atoms with van der Waals surface area (Å²) in [6.45, 7) is -0.461. The maximum absolute atomic E-state index is 12.0. The first kappa shape index (κ1) is 19.9. The second-order valence-corrected chi connectivity index (χ2v) is 5.67. The zero-order chi connectivity index (χ0) is 19.8. The van der Waals surface area contributed by atoms with Crippen LogP contribution in [0.4, 0.5) is 11.4 Å². The number of hydrogen-bond acceptors (Lipinski definition) is 5. The smallest absolute Gasteiger partial charge is 0.339 e. The lowest BCUT2D eigenvalue weighted by atomic mass is 10.2. The van der Waals surface area contributed by atoms with Crippen molar-refractivity contribution in [3.8, 4) is 0 Å². The van der Waals surface area contributed by atoms with Crippen molar-refractivity contribution < 1.29 is 23.9 Å². The van der Waals surface area contributed by atoms with Crippen LogP contribution in [0.1, 0.15) is 10.4 Å². The van der Waals surface area contributed by atoms with E-state index in [9.17, 15) is 19.2 Å². The van der Waals surface area contributed by atoms with E-state index in [0.29, 0.717) is 10.7 Å². The van der Waals surface area contributed by atoms with Gasteiger partial charge in [0.05, 0.1) is 24.9 Å². The molecule has 2 aromatic carbocycles. The van der Waals surface area contributed by atoms with Gasteiger partial charge in [0.1, 0.15) is 0 Å². The van der Waals surface area contributed by atoms with Crippen LogP contribution in [0.15, 0.2) is 48.5 Å². The van der Waals surface area contributed by atoms with Gasteiger partial charge in [-0.3, -0.25) is 14.4 Å². The first-order valence-corrected chi connectivity index (χ1v) is 8.10. The third-order valence-electron chi connectivity index (χ3n) is 3.30.